The Morgan fingerprint density at radius 3 is 2.75 bits per heavy atom. The Morgan fingerprint density at radius 1 is 1.29 bits per heavy atom. The van der Waals surface area contributed by atoms with E-state index in [4.69, 9.17) is 4.74 Å². The number of rotatable bonds is 6. The number of aliphatic hydroxyl groups is 1. The van der Waals surface area contributed by atoms with Gasteiger partial charge in [-0.15, -0.1) is 0 Å². The molecule has 2 aromatic rings. The van der Waals surface area contributed by atoms with Crippen LogP contribution in [0.3, 0.4) is 0 Å². The number of piperidine rings is 1. The monoisotopic (exact) mass is 385 g/mol. The molecule has 28 heavy (non-hydrogen) atoms. The van der Waals surface area contributed by atoms with Crippen LogP contribution in [0.4, 0.5) is 0 Å². The van der Waals surface area contributed by atoms with E-state index < -0.39 is 5.60 Å². The lowest BCUT2D eigenvalue weighted by Crippen LogP contribution is -2.53. The molecule has 0 saturated carbocycles. The number of carbonyl (C=O) groups is 1. The number of carbonyl (C=O) groups excluding carboxylic acids is 1. The molecule has 6 heteroatoms. The molecule has 0 aliphatic carbocycles. The van der Waals surface area contributed by atoms with Crippen molar-refractivity contribution in [2.45, 2.75) is 59.0 Å². The van der Waals surface area contributed by atoms with Crippen LogP contribution in [0.2, 0.25) is 0 Å². The Morgan fingerprint density at radius 2 is 2.07 bits per heavy atom. The zero-order valence-corrected chi connectivity index (χ0v) is 17.3. The van der Waals surface area contributed by atoms with Crippen LogP contribution in [-0.2, 0) is 11.2 Å². The zero-order valence-electron chi connectivity index (χ0n) is 17.3. The van der Waals surface area contributed by atoms with Crippen LogP contribution in [0.1, 0.15) is 47.3 Å². The number of β-amino-alcohol motifs (C(OH)–C–C–N with tert-alkyl or cyclic N) is 1. The Balaban J connectivity index is 1.55. The summed E-state index contributed by atoms with van der Waals surface area (Å²) in [5, 5.41) is 18.1. The highest BCUT2D eigenvalue weighted by Crippen LogP contribution is 2.25. The minimum absolute atomic E-state index is 0.0734. The van der Waals surface area contributed by atoms with Crippen LogP contribution in [0.15, 0.2) is 18.2 Å². The molecule has 1 aliphatic rings. The van der Waals surface area contributed by atoms with E-state index in [-0.39, 0.29) is 12.5 Å². The van der Waals surface area contributed by atoms with E-state index in [1.54, 1.807) is 4.90 Å². The molecule has 1 aromatic heterocycles. The lowest BCUT2D eigenvalue weighted by molar-refractivity contribution is -0.140. The molecule has 0 spiro atoms. The number of ether oxygens (including phenoxy) is 1. The third-order valence-electron chi connectivity index (χ3n) is 5.76. The first-order valence-electron chi connectivity index (χ1n) is 9.98. The van der Waals surface area contributed by atoms with Gasteiger partial charge < -0.3 is 14.7 Å². The summed E-state index contributed by atoms with van der Waals surface area (Å²) in [5.41, 5.74) is 4.44. The maximum Gasteiger partial charge on any atom is 0.223 e. The van der Waals surface area contributed by atoms with Gasteiger partial charge in [-0.2, -0.15) is 5.10 Å². The molecular formula is C22H31N3O3. The average Bonchev–Trinajstić information content (AvgIpc) is 2.98. The Hall–Kier alpha value is -2.34. The van der Waals surface area contributed by atoms with E-state index in [1.165, 1.54) is 5.56 Å². The van der Waals surface area contributed by atoms with Crippen LogP contribution in [0.25, 0.3) is 0 Å². The van der Waals surface area contributed by atoms with E-state index >= 15 is 0 Å². The molecule has 3 rings (SSSR count). The number of H-pyrrole nitrogens is 1. The number of hydrogen-bond donors (Lipinski definition) is 2. The van der Waals surface area contributed by atoms with E-state index in [2.05, 4.69) is 17.1 Å². The van der Waals surface area contributed by atoms with Crippen LogP contribution in [0, 0.1) is 27.7 Å². The number of nitrogens with one attached hydrogen (secondary N) is 1. The maximum atomic E-state index is 12.7. The molecular weight excluding hydrogens is 354 g/mol. The van der Waals surface area contributed by atoms with Crippen molar-refractivity contribution in [2.24, 2.45) is 0 Å². The van der Waals surface area contributed by atoms with E-state index in [1.807, 2.05) is 39.0 Å². The third kappa shape index (κ3) is 4.73. The molecule has 2 N–H and O–H groups in total. The number of nitrogens with zero attached hydrogens (tertiary/aromatic N) is 2. The summed E-state index contributed by atoms with van der Waals surface area (Å²) in [6, 6.07) is 5.93. The number of amides is 1. The van der Waals surface area contributed by atoms with E-state index in [0.29, 0.717) is 32.4 Å². The van der Waals surface area contributed by atoms with Crippen molar-refractivity contribution < 1.29 is 14.6 Å². The molecule has 152 valence electrons. The topological polar surface area (TPSA) is 78.5 Å². The first-order chi connectivity index (χ1) is 13.3. The highest BCUT2D eigenvalue weighted by molar-refractivity contribution is 5.76. The molecule has 1 aliphatic heterocycles. The Kier molecular flexibility index (Phi) is 6.08. The summed E-state index contributed by atoms with van der Waals surface area (Å²) in [5.74, 6) is 0.829. The average molecular weight is 386 g/mol. The first kappa shape index (κ1) is 20.4. The fraction of sp³-hybridized carbons (Fsp3) is 0.545. The van der Waals surface area contributed by atoms with Crippen molar-refractivity contribution in [3.05, 3.63) is 46.3 Å². The van der Waals surface area contributed by atoms with Crippen molar-refractivity contribution in [3.63, 3.8) is 0 Å². The molecule has 1 unspecified atom stereocenters. The van der Waals surface area contributed by atoms with Gasteiger partial charge in [-0.05, 0) is 75.8 Å². The summed E-state index contributed by atoms with van der Waals surface area (Å²) in [6.45, 7) is 9.23. The lowest BCUT2D eigenvalue weighted by atomic mass is 9.93. The second kappa shape index (κ2) is 8.35. The largest absolute Gasteiger partial charge is 0.491 e. The van der Waals surface area contributed by atoms with Gasteiger partial charge in [0.05, 0.1) is 12.2 Å². The molecule has 1 amide bonds. The van der Waals surface area contributed by atoms with Crippen molar-refractivity contribution >= 4 is 5.91 Å². The lowest BCUT2D eigenvalue weighted by Gasteiger charge is -2.39. The molecule has 1 aromatic carbocycles. The number of likely N-dealkylation sites (tertiary alicyclic amines) is 1. The standard InChI is InChI=1S/C22H31N3O3/c1-15-6-7-19(12-16(15)2)28-14-22(27)10-5-11-25(13-22)21(26)9-8-20-17(3)23-24-18(20)4/h6-7,12,27H,5,8-11,13-14H2,1-4H3,(H,23,24). The van der Waals surface area contributed by atoms with E-state index in [0.717, 1.165) is 34.7 Å². The van der Waals surface area contributed by atoms with Crippen molar-refractivity contribution in [2.75, 3.05) is 19.7 Å². The van der Waals surface area contributed by atoms with Gasteiger partial charge in [-0.1, -0.05) is 6.07 Å². The smallest absolute Gasteiger partial charge is 0.223 e. The summed E-state index contributed by atoms with van der Waals surface area (Å²) < 4.78 is 5.86. The molecule has 1 atom stereocenters. The summed E-state index contributed by atoms with van der Waals surface area (Å²) in [4.78, 5) is 14.5. The molecule has 6 nitrogen and oxygen atoms in total. The predicted molar refractivity (Wildman–Crippen MR) is 109 cm³/mol. The van der Waals surface area contributed by atoms with Gasteiger partial charge in [0.25, 0.3) is 0 Å². The predicted octanol–water partition coefficient (Wildman–Crippen LogP) is 3.01. The van der Waals surface area contributed by atoms with Gasteiger partial charge in [-0.3, -0.25) is 9.89 Å². The number of benzene rings is 1. The number of hydrogen-bond acceptors (Lipinski definition) is 4. The molecule has 1 fully saturated rings. The molecule has 0 radical (unpaired) electrons. The summed E-state index contributed by atoms with van der Waals surface area (Å²) in [7, 11) is 0. The highest BCUT2D eigenvalue weighted by atomic mass is 16.5. The SMILES string of the molecule is Cc1ccc(OCC2(O)CCCN(C(=O)CCc3c(C)n[nH]c3C)C2)cc1C. The first-order valence-corrected chi connectivity index (χ1v) is 9.98. The second-order valence-electron chi connectivity index (χ2n) is 8.09. The number of aromatic nitrogens is 2. The van der Waals surface area contributed by atoms with Crippen LogP contribution < -0.4 is 4.74 Å². The number of aromatic amines is 1. The second-order valence-corrected chi connectivity index (χ2v) is 8.09. The molecule has 2 heterocycles. The fourth-order valence-corrected chi connectivity index (χ4v) is 3.80. The summed E-state index contributed by atoms with van der Waals surface area (Å²) >= 11 is 0. The van der Waals surface area contributed by atoms with Gasteiger partial charge in [-0.25, -0.2) is 0 Å². The van der Waals surface area contributed by atoms with Crippen molar-refractivity contribution in [3.8, 4) is 5.75 Å². The van der Waals surface area contributed by atoms with Crippen LogP contribution >= 0.6 is 0 Å². The van der Waals surface area contributed by atoms with E-state index in [9.17, 15) is 9.90 Å². The van der Waals surface area contributed by atoms with Gasteiger partial charge in [0.2, 0.25) is 5.91 Å². The third-order valence-corrected chi connectivity index (χ3v) is 5.76. The number of aryl methyl sites for hydroxylation is 4. The maximum absolute atomic E-state index is 12.7. The highest BCUT2D eigenvalue weighted by Gasteiger charge is 2.36. The minimum atomic E-state index is -1.01. The van der Waals surface area contributed by atoms with Gasteiger partial charge in [0.1, 0.15) is 18.0 Å². The van der Waals surface area contributed by atoms with Gasteiger partial charge >= 0.3 is 0 Å². The minimum Gasteiger partial charge on any atom is -0.491 e. The molecule has 0 bridgehead atoms. The normalized spacial score (nSPS) is 19.7. The molecule has 1 saturated heterocycles. The summed E-state index contributed by atoms with van der Waals surface area (Å²) in [6.07, 6.45) is 2.51. The van der Waals surface area contributed by atoms with Gasteiger partial charge in [0.15, 0.2) is 0 Å². The van der Waals surface area contributed by atoms with Crippen LogP contribution in [-0.4, -0.2) is 51.4 Å². The zero-order chi connectivity index (χ0) is 20.3. The van der Waals surface area contributed by atoms with Crippen molar-refractivity contribution in [1.29, 1.82) is 0 Å². The quantitative estimate of drug-likeness (QED) is 0.801. The Bertz CT molecular complexity index is 826. The van der Waals surface area contributed by atoms with Gasteiger partial charge in [0, 0.05) is 18.7 Å². The Labute approximate surface area is 166 Å². The van der Waals surface area contributed by atoms with Crippen LogP contribution in [0.5, 0.6) is 5.75 Å². The fourth-order valence-electron chi connectivity index (χ4n) is 3.80. The van der Waals surface area contributed by atoms with Crippen molar-refractivity contribution in [1.82, 2.24) is 15.1 Å².